The summed E-state index contributed by atoms with van der Waals surface area (Å²) < 4.78 is 26.0. The van der Waals surface area contributed by atoms with Gasteiger partial charge < -0.3 is 0 Å². The van der Waals surface area contributed by atoms with Gasteiger partial charge in [0, 0.05) is 12.9 Å². The van der Waals surface area contributed by atoms with E-state index in [0.717, 1.165) is 12.0 Å². The molecule has 0 aliphatic rings. The van der Waals surface area contributed by atoms with Crippen molar-refractivity contribution in [2.75, 3.05) is 12.9 Å². The Bertz CT molecular complexity index is 641. The summed E-state index contributed by atoms with van der Waals surface area (Å²) in [7, 11) is -2.03. The maximum atomic E-state index is 12.4. The van der Waals surface area contributed by atoms with E-state index in [1.165, 1.54) is 17.7 Å². The minimum atomic E-state index is -3.53. The van der Waals surface area contributed by atoms with Gasteiger partial charge in [0.25, 0.3) is 0 Å². The molecular weight excluding hydrogens is 300 g/mol. The summed E-state index contributed by atoms with van der Waals surface area (Å²) >= 11 is 5.65. The highest BCUT2D eigenvalue weighted by atomic mass is 35.5. The zero-order chi connectivity index (χ0) is 14.6. The molecule has 2 aromatic rings. The molecule has 0 aliphatic carbocycles. The van der Waals surface area contributed by atoms with Crippen molar-refractivity contribution in [2.45, 2.75) is 17.9 Å². The molecule has 0 bridgehead atoms. The van der Waals surface area contributed by atoms with Crippen LogP contribution in [-0.4, -0.2) is 40.8 Å². The molecule has 0 aliphatic heterocycles. The smallest absolute Gasteiger partial charge is 0.243 e. The monoisotopic (exact) mass is 314 g/mol. The zero-order valence-corrected chi connectivity index (χ0v) is 12.5. The van der Waals surface area contributed by atoms with Crippen LogP contribution in [0.25, 0.3) is 0 Å². The van der Waals surface area contributed by atoms with Crippen LogP contribution in [0, 0.1) is 0 Å². The number of H-pyrrole nitrogens is 1. The summed E-state index contributed by atoms with van der Waals surface area (Å²) in [6, 6.07) is 6.73. The second kappa shape index (κ2) is 6.34. The maximum absolute atomic E-state index is 12.4. The van der Waals surface area contributed by atoms with Crippen molar-refractivity contribution in [1.82, 2.24) is 19.5 Å². The van der Waals surface area contributed by atoms with Crippen LogP contribution < -0.4 is 0 Å². The number of rotatable bonds is 6. The van der Waals surface area contributed by atoms with Gasteiger partial charge in [0.1, 0.15) is 12.2 Å². The first-order valence-corrected chi connectivity index (χ1v) is 7.97. The predicted octanol–water partition coefficient (Wildman–Crippen LogP) is 1.41. The summed E-state index contributed by atoms with van der Waals surface area (Å²) in [6.07, 6.45) is 2.06. The number of sulfonamides is 1. The second-order valence-corrected chi connectivity index (χ2v) is 6.70. The Morgan fingerprint density at radius 3 is 2.55 bits per heavy atom. The van der Waals surface area contributed by atoms with Gasteiger partial charge in [-0.2, -0.15) is 9.40 Å². The molecule has 0 atom stereocenters. The molecule has 1 aromatic heterocycles. The maximum Gasteiger partial charge on any atom is 0.243 e. The number of alkyl halides is 1. The number of aromatic amines is 1. The number of nitrogens with zero attached hydrogens (tertiary/aromatic N) is 3. The van der Waals surface area contributed by atoms with Crippen molar-refractivity contribution < 1.29 is 8.42 Å². The van der Waals surface area contributed by atoms with E-state index in [4.69, 9.17) is 11.6 Å². The van der Waals surface area contributed by atoms with Crippen LogP contribution in [0.2, 0.25) is 0 Å². The van der Waals surface area contributed by atoms with E-state index in [2.05, 4.69) is 15.2 Å². The summed E-state index contributed by atoms with van der Waals surface area (Å²) in [5.74, 6) is 1.01. The van der Waals surface area contributed by atoms with Crippen molar-refractivity contribution in [3.05, 3.63) is 42.0 Å². The summed E-state index contributed by atoms with van der Waals surface area (Å²) in [5, 5.41) is 6.33. The molecule has 0 spiro atoms. The number of aromatic nitrogens is 3. The molecule has 0 saturated carbocycles. The number of halogens is 1. The number of aryl methyl sites for hydroxylation is 1. The van der Waals surface area contributed by atoms with Gasteiger partial charge in [-0.15, -0.1) is 11.6 Å². The Morgan fingerprint density at radius 1 is 1.30 bits per heavy atom. The van der Waals surface area contributed by atoms with Crippen LogP contribution in [0.1, 0.15) is 11.4 Å². The third kappa shape index (κ3) is 3.36. The lowest BCUT2D eigenvalue weighted by molar-refractivity contribution is 0.457. The van der Waals surface area contributed by atoms with E-state index in [1.807, 2.05) is 0 Å². The fourth-order valence-corrected chi connectivity index (χ4v) is 3.07. The van der Waals surface area contributed by atoms with Crippen molar-refractivity contribution in [3.63, 3.8) is 0 Å². The molecule has 2 rings (SSSR count). The molecule has 0 saturated heterocycles. The summed E-state index contributed by atoms with van der Waals surface area (Å²) in [4.78, 5) is 4.16. The number of nitrogens with one attached hydrogen (secondary N) is 1. The van der Waals surface area contributed by atoms with Crippen LogP contribution in [0.3, 0.4) is 0 Å². The van der Waals surface area contributed by atoms with Crippen molar-refractivity contribution in [3.8, 4) is 0 Å². The third-order valence-electron chi connectivity index (χ3n) is 2.85. The highest BCUT2D eigenvalue weighted by molar-refractivity contribution is 7.89. The third-order valence-corrected chi connectivity index (χ3v) is 4.86. The van der Waals surface area contributed by atoms with E-state index < -0.39 is 10.0 Å². The Labute approximate surface area is 122 Å². The Kier molecular flexibility index (Phi) is 4.74. The Hall–Kier alpha value is -1.44. The highest BCUT2D eigenvalue weighted by Gasteiger charge is 2.21. The van der Waals surface area contributed by atoms with Gasteiger partial charge >= 0.3 is 0 Å². The topological polar surface area (TPSA) is 79.0 Å². The molecule has 108 valence electrons. The van der Waals surface area contributed by atoms with E-state index in [0.29, 0.717) is 11.7 Å². The standard InChI is InChI=1S/C12H15ClN4O2S/c1-17(8-12-14-9-15-16-12)20(18,19)11-4-2-10(3-5-11)6-7-13/h2-5,9H,6-8H2,1H3,(H,14,15,16). The molecular formula is C12H15ClN4O2S. The predicted molar refractivity (Wildman–Crippen MR) is 75.9 cm³/mol. The second-order valence-electron chi connectivity index (χ2n) is 4.28. The van der Waals surface area contributed by atoms with Gasteiger partial charge in [0.15, 0.2) is 0 Å². The minimum Gasteiger partial charge on any atom is -0.262 e. The normalized spacial score (nSPS) is 11.9. The number of hydrogen-bond donors (Lipinski definition) is 1. The number of hydrogen-bond acceptors (Lipinski definition) is 4. The molecule has 20 heavy (non-hydrogen) atoms. The Morgan fingerprint density at radius 2 is 2.00 bits per heavy atom. The van der Waals surface area contributed by atoms with Gasteiger partial charge in [-0.1, -0.05) is 12.1 Å². The summed E-state index contributed by atoms with van der Waals surface area (Å²) in [5.41, 5.74) is 1.01. The van der Waals surface area contributed by atoms with E-state index in [9.17, 15) is 8.42 Å². The highest BCUT2D eigenvalue weighted by Crippen LogP contribution is 2.16. The minimum absolute atomic E-state index is 0.145. The van der Waals surface area contributed by atoms with Crippen LogP contribution in [0.4, 0.5) is 0 Å². The Balaban J connectivity index is 2.16. The van der Waals surface area contributed by atoms with Gasteiger partial charge in [-0.25, -0.2) is 13.4 Å². The fourth-order valence-electron chi connectivity index (χ4n) is 1.72. The van der Waals surface area contributed by atoms with Crippen molar-refractivity contribution in [1.29, 1.82) is 0 Å². The SMILES string of the molecule is CN(Cc1ncn[nH]1)S(=O)(=O)c1ccc(CCCl)cc1. The molecule has 0 radical (unpaired) electrons. The first-order valence-electron chi connectivity index (χ1n) is 5.99. The number of benzene rings is 1. The summed E-state index contributed by atoms with van der Waals surface area (Å²) in [6.45, 7) is 0.145. The average Bonchev–Trinajstić information content (AvgIpc) is 2.92. The van der Waals surface area contributed by atoms with Gasteiger partial charge in [-0.05, 0) is 24.1 Å². The van der Waals surface area contributed by atoms with Crippen molar-refractivity contribution >= 4 is 21.6 Å². The average molecular weight is 315 g/mol. The van der Waals surface area contributed by atoms with E-state index in [-0.39, 0.29) is 11.4 Å². The van der Waals surface area contributed by atoms with Gasteiger partial charge in [0.2, 0.25) is 10.0 Å². The molecule has 0 amide bonds. The molecule has 0 fully saturated rings. The van der Waals surface area contributed by atoms with Crippen LogP contribution in [0.5, 0.6) is 0 Å². The first kappa shape index (κ1) is 15.0. The molecule has 8 heteroatoms. The lowest BCUT2D eigenvalue weighted by atomic mass is 10.2. The van der Waals surface area contributed by atoms with Crippen LogP contribution >= 0.6 is 11.6 Å². The van der Waals surface area contributed by atoms with Gasteiger partial charge in [0.05, 0.1) is 11.4 Å². The fraction of sp³-hybridized carbons (Fsp3) is 0.333. The van der Waals surface area contributed by atoms with E-state index in [1.54, 1.807) is 24.3 Å². The molecule has 1 aromatic carbocycles. The lowest BCUT2D eigenvalue weighted by Gasteiger charge is -2.15. The molecule has 0 unspecified atom stereocenters. The quantitative estimate of drug-likeness (QED) is 0.818. The van der Waals surface area contributed by atoms with Crippen LogP contribution in [0.15, 0.2) is 35.5 Å². The molecule has 1 N–H and O–H groups in total. The first-order chi connectivity index (χ1) is 9.54. The molecule has 1 heterocycles. The molecule has 6 nitrogen and oxygen atoms in total. The zero-order valence-electron chi connectivity index (χ0n) is 11.0. The van der Waals surface area contributed by atoms with Crippen molar-refractivity contribution in [2.24, 2.45) is 0 Å². The van der Waals surface area contributed by atoms with Crippen LogP contribution in [-0.2, 0) is 23.0 Å². The lowest BCUT2D eigenvalue weighted by Crippen LogP contribution is -2.27. The van der Waals surface area contributed by atoms with E-state index >= 15 is 0 Å². The van der Waals surface area contributed by atoms with Gasteiger partial charge in [-0.3, -0.25) is 5.10 Å². The largest absolute Gasteiger partial charge is 0.262 e.